The molecule has 0 unspecified atom stereocenters. The molecule has 0 spiro atoms. The van der Waals surface area contributed by atoms with Crippen LogP contribution in [0.5, 0.6) is 0 Å². The van der Waals surface area contributed by atoms with Crippen LogP contribution in [-0.4, -0.2) is 37.5 Å². The maximum Gasteiger partial charge on any atom is 0.256 e. The molecular weight excluding hydrogens is 368 g/mol. The Morgan fingerprint density at radius 2 is 2.21 bits per heavy atom. The van der Waals surface area contributed by atoms with Crippen LogP contribution in [0, 0.1) is 0 Å². The van der Waals surface area contributed by atoms with E-state index in [0.29, 0.717) is 17.3 Å². The average molecular weight is 394 g/mol. The van der Waals surface area contributed by atoms with E-state index in [9.17, 15) is 4.79 Å². The van der Waals surface area contributed by atoms with Crippen LogP contribution in [0.4, 0.5) is 5.82 Å². The minimum Gasteiger partial charge on any atom is -0.361 e. The number of nitrogens with one attached hydrogen (secondary N) is 1. The van der Waals surface area contributed by atoms with Gasteiger partial charge in [0, 0.05) is 31.1 Å². The number of nitrogens with zero attached hydrogens (tertiary/aromatic N) is 5. The van der Waals surface area contributed by atoms with Crippen molar-refractivity contribution in [2.45, 2.75) is 45.2 Å². The van der Waals surface area contributed by atoms with E-state index in [1.165, 1.54) is 0 Å². The smallest absolute Gasteiger partial charge is 0.256 e. The normalized spacial score (nSPS) is 17.2. The number of hydrogen-bond acceptors (Lipinski definition) is 6. The van der Waals surface area contributed by atoms with Gasteiger partial charge in [-0.25, -0.2) is 0 Å². The highest BCUT2D eigenvalue weighted by atomic mass is 16.5. The summed E-state index contributed by atoms with van der Waals surface area (Å²) in [6.45, 7) is 5.98. The zero-order valence-electron chi connectivity index (χ0n) is 17.0. The standard InChI is InChI=1S/C21H26N6O2/c1-14(2)19-11-17(24-29-19)18-8-5-9-27(18)12-15-6-4-7-16(10-15)21(28)22-20-13-26(3)25-23-20/h4,6-7,10-11,13-14,18H,5,8-9,12H2,1-3H3,(H,22,28)/t18-/m1/s1. The molecule has 0 bridgehead atoms. The Labute approximate surface area is 169 Å². The summed E-state index contributed by atoms with van der Waals surface area (Å²) >= 11 is 0. The first-order valence-electron chi connectivity index (χ1n) is 9.97. The molecule has 3 aromatic rings. The van der Waals surface area contributed by atoms with Gasteiger partial charge in [-0.3, -0.25) is 14.4 Å². The number of rotatable bonds is 6. The molecule has 4 rings (SSSR count). The lowest BCUT2D eigenvalue weighted by molar-refractivity contribution is 0.102. The molecule has 152 valence electrons. The van der Waals surface area contributed by atoms with Crippen LogP contribution in [0.2, 0.25) is 0 Å². The highest BCUT2D eigenvalue weighted by Gasteiger charge is 2.29. The number of aromatic nitrogens is 4. The van der Waals surface area contributed by atoms with Gasteiger partial charge in [0.15, 0.2) is 5.82 Å². The summed E-state index contributed by atoms with van der Waals surface area (Å²) in [4.78, 5) is 14.9. The molecule has 8 heteroatoms. The lowest BCUT2D eigenvalue weighted by Gasteiger charge is -2.22. The SMILES string of the molecule is CC(C)c1cc([C@H]2CCCN2Cc2cccc(C(=O)Nc3cn(C)nn3)c2)no1. The van der Waals surface area contributed by atoms with Crippen molar-refractivity contribution in [1.29, 1.82) is 0 Å². The summed E-state index contributed by atoms with van der Waals surface area (Å²) in [6.07, 6.45) is 3.86. The van der Waals surface area contributed by atoms with Crippen molar-refractivity contribution in [2.75, 3.05) is 11.9 Å². The molecule has 0 radical (unpaired) electrons. The number of benzene rings is 1. The molecule has 1 atom stereocenters. The van der Waals surface area contributed by atoms with Crippen LogP contribution in [0.15, 0.2) is 41.1 Å². The highest BCUT2D eigenvalue weighted by Crippen LogP contribution is 2.33. The van der Waals surface area contributed by atoms with E-state index >= 15 is 0 Å². The van der Waals surface area contributed by atoms with E-state index in [4.69, 9.17) is 4.52 Å². The zero-order chi connectivity index (χ0) is 20.4. The van der Waals surface area contributed by atoms with Gasteiger partial charge in [0.2, 0.25) is 0 Å². The van der Waals surface area contributed by atoms with Crippen molar-refractivity contribution in [3.05, 3.63) is 59.1 Å². The number of likely N-dealkylation sites (tertiary alicyclic amines) is 1. The summed E-state index contributed by atoms with van der Waals surface area (Å²) in [7, 11) is 1.76. The Balaban J connectivity index is 1.45. The molecule has 3 heterocycles. The van der Waals surface area contributed by atoms with Gasteiger partial charge in [0.05, 0.1) is 12.2 Å². The van der Waals surface area contributed by atoms with Crippen molar-refractivity contribution < 1.29 is 9.32 Å². The van der Waals surface area contributed by atoms with Crippen molar-refractivity contribution in [3.8, 4) is 0 Å². The second-order valence-corrected chi connectivity index (χ2v) is 7.87. The van der Waals surface area contributed by atoms with Crippen LogP contribution in [0.25, 0.3) is 0 Å². The zero-order valence-corrected chi connectivity index (χ0v) is 17.0. The third-order valence-electron chi connectivity index (χ3n) is 5.24. The molecular formula is C21H26N6O2. The fourth-order valence-corrected chi connectivity index (χ4v) is 3.72. The molecule has 1 N–H and O–H groups in total. The molecule has 1 aromatic carbocycles. The van der Waals surface area contributed by atoms with E-state index in [1.54, 1.807) is 17.9 Å². The number of hydrogen-bond donors (Lipinski definition) is 1. The second kappa shape index (κ2) is 8.16. The lowest BCUT2D eigenvalue weighted by Crippen LogP contribution is -2.23. The van der Waals surface area contributed by atoms with E-state index in [-0.39, 0.29) is 11.9 Å². The Morgan fingerprint density at radius 1 is 1.34 bits per heavy atom. The summed E-state index contributed by atoms with van der Waals surface area (Å²) in [5, 5.41) is 14.8. The predicted molar refractivity (Wildman–Crippen MR) is 108 cm³/mol. The largest absolute Gasteiger partial charge is 0.361 e. The topological polar surface area (TPSA) is 89.1 Å². The number of aryl methyl sites for hydroxylation is 1. The van der Waals surface area contributed by atoms with Crippen molar-refractivity contribution in [2.24, 2.45) is 7.05 Å². The van der Waals surface area contributed by atoms with Crippen LogP contribution < -0.4 is 5.32 Å². The third kappa shape index (κ3) is 4.37. The maximum atomic E-state index is 12.5. The molecule has 1 fully saturated rings. The third-order valence-corrected chi connectivity index (χ3v) is 5.24. The summed E-state index contributed by atoms with van der Waals surface area (Å²) < 4.78 is 7.05. The molecule has 1 saturated heterocycles. The van der Waals surface area contributed by atoms with Gasteiger partial charge < -0.3 is 9.84 Å². The van der Waals surface area contributed by atoms with Crippen LogP contribution in [-0.2, 0) is 13.6 Å². The second-order valence-electron chi connectivity index (χ2n) is 7.87. The van der Waals surface area contributed by atoms with Crippen LogP contribution >= 0.6 is 0 Å². The molecule has 0 aliphatic carbocycles. The molecule has 1 amide bonds. The monoisotopic (exact) mass is 394 g/mol. The first kappa shape index (κ1) is 19.3. The van der Waals surface area contributed by atoms with E-state index in [1.807, 2.05) is 18.2 Å². The number of carbonyl (C=O) groups excluding carboxylic acids is 1. The minimum absolute atomic E-state index is 0.191. The first-order chi connectivity index (χ1) is 14.0. The fraction of sp³-hybridized carbons (Fsp3) is 0.429. The lowest BCUT2D eigenvalue weighted by atomic mass is 10.1. The van der Waals surface area contributed by atoms with Crippen molar-refractivity contribution >= 4 is 11.7 Å². The van der Waals surface area contributed by atoms with Gasteiger partial charge in [0.1, 0.15) is 11.5 Å². The Bertz CT molecular complexity index is 992. The molecule has 8 nitrogen and oxygen atoms in total. The van der Waals surface area contributed by atoms with Gasteiger partial charge in [-0.1, -0.05) is 36.4 Å². The maximum absolute atomic E-state index is 12.5. The molecule has 29 heavy (non-hydrogen) atoms. The van der Waals surface area contributed by atoms with Gasteiger partial charge in [-0.05, 0) is 37.1 Å². The Kier molecular flexibility index (Phi) is 5.44. The quantitative estimate of drug-likeness (QED) is 0.688. The fourth-order valence-electron chi connectivity index (χ4n) is 3.72. The van der Waals surface area contributed by atoms with E-state index < -0.39 is 0 Å². The molecule has 2 aromatic heterocycles. The van der Waals surface area contributed by atoms with Crippen LogP contribution in [0.1, 0.15) is 66.0 Å². The van der Waals surface area contributed by atoms with E-state index in [0.717, 1.165) is 42.9 Å². The van der Waals surface area contributed by atoms with Gasteiger partial charge in [0.25, 0.3) is 5.91 Å². The summed E-state index contributed by atoms with van der Waals surface area (Å²) in [5.41, 5.74) is 2.70. The van der Waals surface area contributed by atoms with Gasteiger partial charge in [-0.2, -0.15) is 0 Å². The predicted octanol–water partition coefficient (Wildman–Crippen LogP) is 3.52. The van der Waals surface area contributed by atoms with Crippen molar-refractivity contribution in [3.63, 3.8) is 0 Å². The number of carbonyl (C=O) groups is 1. The number of anilines is 1. The van der Waals surface area contributed by atoms with Crippen LogP contribution in [0.3, 0.4) is 0 Å². The summed E-state index contributed by atoms with van der Waals surface area (Å²) in [6, 6.07) is 10.0. The number of amides is 1. The Morgan fingerprint density at radius 3 is 2.93 bits per heavy atom. The first-order valence-corrected chi connectivity index (χ1v) is 9.97. The van der Waals surface area contributed by atoms with Gasteiger partial charge >= 0.3 is 0 Å². The van der Waals surface area contributed by atoms with Gasteiger partial charge in [-0.15, -0.1) is 5.10 Å². The highest BCUT2D eigenvalue weighted by molar-refractivity contribution is 6.03. The molecule has 1 aliphatic heterocycles. The van der Waals surface area contributed by atoms with Crippen molar-refractivity contribution in [1.82, 2.24) is 25.1 Å². The molecule has 1 aliphatic rings. The van der Waals surface area contributed by atoms with E-state index in [2.05, 4.69) is 51.7 Å². The summed E-state index contributed by atoms with van der Waals surface area (Å²) in [5.74, 6) is 1.50. The minimum atomic E-state index is -0.191. The average Bonchev–Trinajstić information content (AvgIpc) is 3.43. The molecule has 0 saturated carbocycles. The Hall–Kier alpha value is -3.00.